The second kappa shape index (κ2) is 11.5. The molecule has 3 aromatic rings. The van der Waals surface area contributed by atoms with Crippen molar-refractivity contribution in [3.05, 3.63) is 96.1 Å². The number of nitrogens with one attached hydrogen (secondary N) is 2. The highest BCUT2D eigenvalue weighted by molar-refractivity contribution is 6.01. The number of carbonyl (C=O) groups excluding carboxylic acids is 2. The lowest BCUT2D eigenvalue weighted by Gasteiger charge is -2.24. The number of ether oxygens (including phenoxy) is 2. The molecule has 2 amide bonds. The summed E-state index contributed by atoms with van der Waals surface area (Å²) in [6.07, 6.45) is 0.383. The first-order chi connectivity index (χ1) is 16.4. The molecule has 5 N–H and O–H groups in total. The highest BCUT2D eigenvalue weighted by atomic mass is 16.6. The first-order valence-electron chi connectivity index (χ1n) is 10.6. The van der Waals surface area contributed by atoms with E-state index in [1.54, 1.807) is 48.5 Å². The standard InChI is InChI=1S/C26H27N3O5/c1-17-7-11-19(12-8-17)28-26(32)34-25(18-9-13-20(30)14-10-18)23(33-2)15-16-24(31)29-22-6-4-3-5-21(22)27/h3-16,23,25,30H,27H2,1-2H3,(H,28,32)(H,29,31)/b16-15+/t23-,25-/m1/s1. The number of para-hydroxylation sites is 2. The van der Waals surface area contributed by atoms with E-state index in [0.29, 0.717) is 22.6 Å². The van der Waals surface area contributed by atoms with Crippen molar-refractivity contribution in [1.29, 1.82) is 0 Å². The van der Waals surface area contributed by atoms with Gasteiger partial charge in [0.15, 0.2) is 6.10 Å². The average Bonchev–Trinajstić information content (AvgIpc) is 2.82. The van der Waals surface area contributed by atoms with Crippen LogP contribution in [-0.4, -0.2) is 30.3 Å². The molecule has 0 aliphatic carbocycles. The van der Waals surface area contributed by atoms with Crippen molar-refractivity contribution in [3.63, 3.8) is 0 Å². The fourth-order valence-corrected chi connectivity index (χ4v) is 3.16. The third-order valence-electron chi connectivity index (χ3n) is 4.98. The number of hydrogen-bond donors (Lipinski definition) is 4. The molecule has 3 aromatic carbocycles. The lowest BCUT2D eigenvalue weighted by molar-refractivity contribution is -0.112. The van der Waals surface area contributed by atoms with Crippen LogP contribution < -0.4 is 16.4 Å². The van der Waals surface area contributed by atoms with E-state index in [0.717, 1.165) is 5.56 Å². The van der Waals surface area contributed by atoms with Crippen LogP contribution in [0.5, 0.6) is 5.75 Å². The quantitative estimate of drug-likeness (QED) is 0.283. The van der Waals surface area contributed by atoms with Gasteiger partial charge in [0.1, 0.15) is 11.9 Å². The van der Waals surface area contributed by atoms with E-state index in [2.05, 4.69) is 10.6 Å². The molecule has 0 heterocycles. The van der Waals surface area contributed by atoms with E-state index in [9.17, 15) is 14.7 Å². The van der Waals surface area contributed by atoms with Gasteiger partial charge in [-0.15, -0.1) is 0 Å². The number of amides is 2. The molecule has 8 heteroatoms. The van der Waals surface area contributed by atoms with Gasteiger partial charge in [-0.05, 0) is 55.0 Å². The zero-order chi connectivity index (χ0) is 24.5. The Morgan fingerprint density at radius 3 is 2.29 bits per heavy atom. The average molecular weight is 462 g/mol. The second-order valence-corrected chi connectivity index (χ2v) is 7.54. The van der Waals surface area contributed by atoms with E-state index in [1.165, 1.54) is 31.4 Å². The molecule has 3 rings (SSSR count). The van der Waals surface area contributed by atoms with Crippen molar-refractivity contribution in [1.82, 2.24) is 0 Å². The summed E-state index contributed by atoms with van der Waals surface area (Å²) in [6.45, 7) is 1.95. The Morgan fingerprint density at radius 1 is 0.971 bits per heavy atom. The molecule has 0 spiro atoms. The first kappa shape index (κ1) is 24.3. The molecule has 0 unspecified atom stereocenters. The molecule has 0 saturated carbocycles. The molecule has 0 aromatic heterocycles. The largest absolute Gasteiger partial charge is 0.508 e. The molecule has 0 bridgehead atoms. The van der Waals surface area contributed by atoms with Gasteiger partial charge in [0.2, 0.25) is 5.91 Å². The third kappa shape index (κ3) is 6.85. The number of methoxy groups -OCH3 is 1. The Bertz CT molecular complexity index is 1140. The highest BCUT2D eigenvalue weighted by Gasteiger charge is 2.26. The first-order valence-corrected chi connectivity index (χ1v) is 10.6. The summed E-state index contributed by atoms with van der Waals surface area (Å²) < 4.78 is 11.2. The van der Waals surface area contributed by atoms with Crippen LogP contribution in [0.15, 0.2) is 84.9 Å². The summed E-state index contributed by atoms with van der Waals surface area (Å²) in [7, 11) is 1.44. The lowest BCUT2D eigenvalue weighted by atomic mass is 10.0. The fraction of sp³-hybridized carbons (Fsp3) is 0.154. The molecule has 0 aliphatic rings. The van der Waals surface area contributed by atoms with E-state index in [-0.39, 0.29) is 5.75 Å². The number of phenols is 1. The van der Waals surface area contributed by atoms with E-state index in [4.69, 9.17) is 15.2 Å². The number of anilines is 3. The lowest BCUT2D eigenvalue weighted by Crippen LogP contribution is -2.27. The van der Waals surface area contributed by atoms with Crippen LogP contribution in [-0.2, 0) is 14.3 Å². The van der Waals surface area contributed by atoms with Gasteiger partial charge in [-0.2, -0.15) is 0 Å². The Morgan fingerprint density at radius 2 is 1.65 bits per heavy atom. The van der Waals surface area contributed by atoms with Crippen LogP contribution in [0.3, 0.4) is 0 Å². The maximum absolute atomic E-state index is 12.6. The maximum Gasteiger partial charge on any atom is 0.412 e. The fourth-order valence-electron chi connectivity index (χ4n) is 3.16. The zero-order valence-electron chi connectivity index (χ0n) is 18.9. The Kier molecular flexibility index (Phi) is 8.26. The summed E-state index contributed by atoms with van der Waals surface area (Å²) in [5.41, 5.74) is 8.98. The summed E-state index contributed by atoms with van der Waals surface area (Å²) in [4.78, 5) is 25.0. The van der Waals surface area contributed by atoms with Gasteiger partial charge in [0.25, 0.3) is 0 Å². The smallest absolute Gasteiger partial charge is 0.412 e. The van der Waals surface area contributed by atoms with Gasteiger partial charge in [-0.25, -0.2) is 4.79 Å². The number of hydrogen-bond acceptors (Lipinski definition) is 6. The maximum atomic E-state index is 12.6. The number of rotatable bonds is 8. The van der Waals surface area contributed by atoms with Crippen LogP contribution >= 0.6 is 0 Å². The summed E-state index contributed by atoms with van der Waals surface area (Å²) in [5.74, 6) is -0.357. The molecule has 0 saturated heterocycles. The van der Waals surface area contributed by atoms with Gasteiger partial charge >= 0.3 is 6.09 Å². The van der Waals surface area contributed by atoms with Crippen LogP contribution in [0.1, 0.15) is 17.2 Å². The number of nitrogen functional groups attached to an aromatic ring is 1. The molecule has 34 heavy (non-hydrogen) atoms. The highest BCUT2D eigenvalue weighted by Crippen LogP contribution is 2.27. The van der Waals surface area contributed by atoms with Gasteiger partial charge < -0.3 is 25.6 Å². The Hall–Kier alpha value is -4.30. The van der Waals surface area contributed by atoms with Gasteiger partial charge in [0.05, 0.1) is 11.4 Å². The minimum atomic E-state index is -0.901. The van der Waals surface area contributed by atoms with Crippen molar-refractivity contribution in [2.75, 3.05) is 23.5 Å². The number of carbonyl (C=O) groups is 2. The normalized spacial score (nSPS) is 12.6. The SMILES string of the molecule is CO[C@H](/C=C/C(=O)Nc1ccccc1N)[C@H](OC(=O)Nc1ccc(C)cc1)c1ccc(O)cc1. The van der Waals surface area contributed by atoms with E-state index in [1.807, 2.05) is 19.1 Å². The molecular weight excluding hydrogens is 434 g/mol. The van der Waals surface area contributed by atoms with Gasteiger partial charge in [-0.3, -0.25) is 10.1 Å². The van der Waals surface area contributed by atoms with Crippen molar-refractivity contribution < 1.29 is 24.2 Å². The summed E-state index contributed by atoms with van der Waals surface area (Å²) in [6, 6.07) is 20.3. The van der Waals surface area contributed by atoms with Crippen LogP contribution in [0.2, 0.25) is 0 Å². The molecule has 176 valence electrons. The molecule has 0 fully saturated rings. The van der Waals surface area contributed by atoms with E-state index < -0.39 is 24.2 Å². The predicted octanol–water partition coefficient (Wildman–Crippen LogP) is 4.78. The van der Waals surface area contributed by atoms with Crippen molar-refractivity contribution in [2.45, 2.75) is 19.1 Å². The minimum absolute atomic E-state index is 0.0657. The molecule has 8 nitrogen and oxygen atoms in total. The van der Waals surface area contributed by atoms with Crippen molar-refractivity contribution >= 4 is 29.1 Å². The predicted molar refractivity (Wildman–Crippen MR) is 132 cm³/mol. The van der Waals surface area contributed by atoms with Gasteiger partial charge in [-0.1, -0.05) is 42.0 Å². The number of aromatic hydroxyl groups is 1. The van der Waals surface area contributed by atoms with Crippen LogP contribution in [0.25, 0.3) is 0 Å². The molecule has 0 radical (unpaired) electrons. The van der Waals surface area contributed by atoms with Crippen molar-refractivity contribution in [2.24, 2.45) is 0 Å². The second-order valence-electron chi connectivity index (χ2n) is 7.54. The van der Waals surface area contributed by atoms with Crippen LogP contribution in [0.4, 0.5) is 21.9 Å². The Labute approximate surface area is 198 Å². The minimum Gasteiger partial charge on any atom is -0.508 e. The summed E-state index contributed by atoms with van der Waals surface area (Å²) >= 11 is 0. The van der Waals surface area contributed by atoms with Gasteiger partial charge in [0, 0.05) is 18.9 Å². The van der Waals surface area contributed by atoms with Crippen molar-refractivity contribution in [3.8, 4) is 5.75 Å². The zero-order valence-corrected chi connectivity index (χ0v) is 18.9. The van der Waals surface area contributed by atoms with Crippen LogP contribution in [0, 0.1) is 6.92 Å². The number of benzene rings is 3. The van der Waals surface area contributed by atoms with E-state index >= 15 is 0 Å². The third-order valence-corrected chi connectivity index (χ3v) is 4.98. The number of phenolic OH excluding ortho intramolecular Hbond substituents is 1. The Balaban J connectivity index is 1.77. The molecule has 0 aliphatic heterocycles. The summed E-state index contributed by atoms with van der Waals surface area (Å²) in [5, 5.41) is 15.0. The molecular formula is C26H27N3O5. The monoisotopic (exact) mass is 461 g/mol. The topological polar surface area (TPSA) is 123 Å². The number of aryl methyl sites for hydroxylation is 1. The molecule has 2 atom stereocenters. The number of nitrogens with two attached hydrogens (primary N) is 1.